The van der Waals surface area contributed by atoms with E-state index in [0.29, 0.717) is 17.0 Å². The highest BCUT2D eigenvalue weighted by Gasteiger charge is 2.42. The molecule has 0 aromatic heterocycles. The zero-order valence-electron chi connectivity index (χ0n) is 10.1. The normalized spacial score (nSPS) is 21.9. The predicted octanol–water partition coefficient (Wildman–Crippen LogP) is 3.57. The fraction of sp³-hybridized carbons (Fsp3) is 0.467. The van der Waals surface area contributed by atoms with Gasteiger partial charge in [0.25, 0.3) is 0 Å². The van der Waals surface area contributed by atoms with Crippen LogP contribution in [0.2, 0.25) is 0 Å². The van der Waals surface area contributed by atoms with E-state index in [1.807, 2.05) is 6.07 Å². The smallest absolute Gasteiger partial charge is 0.166 e. The molecule has 1 fully saturated rings. The van der Waals surface area contributed by atoms with E-state index in [1.54, 1.807) is 18.2 Å². The first-order valence-electron chi connectivity index (χ1n) is 6.30. The molecular formula is C15H17NO. The van der Waals surface area contributed by atoms with E-state index in [-0.39, 0.29) is 11.7 Å². The molecule has 0 radical (unpaired) electrons. The summed E-state index contributed by atoms with van der Waals surface area (Å²) < 4.78 is 0. The van der Waals surface area contributed by atoms with Crippen molar-refractivity contribution >= 4 is 5.78 Å². The molecule has 2 rings (SSSR count). The van der Waals surface area contributed by atoms with Gasteiger partial charge in [-0.05, 0) is 30.9 Å². The summed E-state index contributed by atoms with van der Waals surface area (Å²) in [6.45, 7) is 2.18. The second kappa shape index (κ2) is 5.14. The number of rotatable bonds is 5. The van der Waals surface area contributed by atoms with Crippen molar-refractivity contribution in [1.82, 2.24) is 0 Å². The summed E-state index contributed by atoms with van der Waals surface area (Å²) in [5, 5.41) is 8.80. The first-order chi connectivity index (χ1) is 8.26. The minimum Gasteiger partial charge on any atom is -0.294 e. The van der Waals surface area contributed by atoms with Crippen molar-refractivity contribution in [3.63, 3.8) is 0 Å². The molecule has 1 aliphatic rings. The predicted molar refractivity (Wildman–Crippen MR) is 66.6 cm³/mol. The number of ketones is 1. The van der Waals surface area contributed by atoms with Gasteiger partial charge in [0, 0.05) is 11.5 Å². The molecule has 2 nitrogen and oxygen atoms in total. The monoisotopic (exact) mass is 227 g/mol. The van der Waals surface area contributed by atoms with Crippen LogP contribution in [0.25, 0.3) is 0 Å². The Bertz CT molecular complexity index is 458. The first-order valence-corrected chi connectivity index (χ1v) is 6.30. The van der Waals surface area contributed by atoms with Crippen molar-refractivity contribution in [3.05, 3.63) is 35.4 Å². The standard InChI is InChI=1S/C15H17NO/c1-2-3-6-12-9-14(12)15(17)13-7-4-5-11(8-13)10-16/h4-5,7-8,12,14H,2-3,6,9H2,1H3/t12-,14-/m0/s1. The Kier molecular flexibility index (Phi) is 3.58. The zero-order valence-corrected chi connectivity index (χ0v) is 10.1. The number of nitriles is 1. The van der Waals surface area contributed by atoms with Crippen LogP contribution < -0.4 is 0 Å². The average molecular weight is 227 g/mol. The lowest BCUT2D eigenvalue weighted by Crippen LogP contribution is -2.03. The maximum atomic E-state index is 12.1. The molecule has 0 unspecified atom stereocenters. The summed E-state index contributed by atoms with van der Waals surface area (Å²) in [5.41, 5.74) is 1.27. The molecule has 1 saturated carbocycles. The molecule has 2 heteroatoms. The highest BCUT2D eigenvalue weighted by atomic mass is 16.1. The van der Waals surface area contributed by atoms with E-state index in [4.69, 9.17) is 5.26 Å². The van der Waals surface area contributed by atoms with E-state index in [1.165, 1.54) is 19.3 Å². The van der Waals surface area contributed by atoms with Gasteiger partial charge in [0.05, 0.1) is 11.6 Å². The number of hydrogen-bond acceptors (Lipinski definition) is 2. The molecule has 0 amide bonds. The Balaban J connectivity index is 1.99. The molecule has 0 N–H and O–H groups in total. The van der Waals surface area contributed by atoms with E-state index in [0.717, 1.165) is 6.42 Å². The minimum atomic E-state index is 0.218. The Morgan fingerprint density at radius 2 is 2.35 bits per heavy atom. The van der Waals surface area contributed by atoms with Gasteiger partial charge < -0.3 is 0 Å². The van der Waals surface area contributed by atoms with Crippen LogP contribution in [0.3, 0.4) is 0 Å². The number of carbonyl (C=O) groups is 1. The van der Waals surface area contributed by atoms with E-state index in [9.17, 15) is 4.79 Å². The molecule has 1 aliphatic carbocycles. The van der Waals surface area contributed by atoms with Crippen LogP contribution >= 0.6 is 0 Å². The minimum absolute atomic E-state index is 0.218. The summed E-state index contributed by atoms with van der Waals surface area (Å²) >= 11 is 0. The summed E-state index contributed by atoms with van der Waals surface area (Å²) in [6, 6.07) is 9.12. The maximum Gasteiger partial charge on any atom is 0.166 e. The van der Waals surface area contributed by atoms with Gasteiger partial charge in [0.2, 0.25) is 0 Å². The number of unbranched alkanes of at least 4 members (excludes halogenated alkanes) is 1. The molecule has 1 aromatic carbocycles. The van der Waals surface area contributed by atoms with Gasteiger partial charge in [-0.1, -0.05) is 31.9 Å². The highest BCUT2D eigenvalue weighted by molar-refractivity contribution is 5.99. The first kappa shape index (κ1) is 11.9. The second-order valence-electron chi connectivity index (χ2n) is 4.80. The number of carbonyl (C=O) groups excluding carboxylic acids is 1. The zero-order chi connectivity index (χ0) is 12.3. The summed E-state index contributed by atoms with van der Waals surface area (Å²) in [7, 11) is 0. The van der Waals surface area contributed by atoms with Gasteiger partial charge in [-0.25, -0.2) is 0 Å². The van der Waals surface area contributed by atoms with Crippen molar-refractivity contribution in [3.8, 4) is 6.07 Å². The van der Waals surface area contributed by atoms with Crippen molar-refractivity contribution in [1.29, 1.82) is 5.26 Å². The number of hydrogen-bond donors (Lipinski definition) is 0. The third kappa shape index (κ3) is 2.74. The van der Waals surface area contributed by atoms with Crippen LogP contribution in [0.4, 0.5) is 0 Å². The Morgan fingerprint density at radius 3 is 3.06 bits per heavy atom. The van der Waals surface area contributed by atoms with E-state index in [2.05, 4.69) is 13.0 Å². The fourth-order valence-corrected chi connectivity index (χ4v) is 2.31. The fourth-order valence-electron chi connectivity index (χ4n) is 2.31. The van der Waals surface area contributed by atoms with Crippen molar-refractivity contribution < 1.29 is 4.79 Å². The summed E-state index contributed by atoms with van der Waals surface area (Å²) in [5.74, 6) is 1.03. The largest absolute Gasteiger partial charge is 0.294 e. The van der Waals surface area contributed by atoms with E-state index >= 15 is 0 Å². The molecular weight excluding hydrogens is 210 g/mol. The SMILES string of the molecule is CCCC[C@H]1C[C@@H]1C(=O)c1cccc(C#N)c1. The third-order valence-corrected chi connectivity index (χ3v) is 3.46. The number of Topliss-reactive ketones (excluding diaryl/α,β-unsaturated/α-hetero) is 1. The van der Waals surface area contributed by atoms with Crippen molar-refractivity contribution in [2.45, 2.75) is 32.6 Å². The lowest BCUT2D eigenvalue weighted by atomic mass is 10.0. The average Bonchev–Trinajstić information content (AvgIpc) is 3.15. The highest BCUT2D eigenvalue weighted by Crippen LogP contribution is 2.44. The van der Waals surface area contributed by atoms with Crippen LogP contribution in [-0.2, 0) is 0 Å². The molecule has 0 saturated heterocycles. The Labute approximate surface area is 102 Å². The van der Waals surface area contributed by atoms with Crippen molar-refractivity contribution in [2.24, 2.45) is 11.8 Å². The third-order valence-electron chi connectivity index (χ3n) is 3.46. The molecule has 0 aliphatic heterocycles. The van der Waals surface area contributed by atoms with Crippen LogP contribution in [0.1, 0.15) is 48.5 Å². The van der Waals surface area contributed by atoms with Gasteiger partial charge >= 0.3 is 0 Å². The molecule has 0 spiro atoms. The Hall–Kier alpha value is -1.62. The van der Waals surface area contributed by atoms with E-state index < -0.39 is 0 Å². The summed E-state index contributed by atoms with van der Waals surface area (Å²) in [6.07, 6.45) is 4.62. The topological polar surface area (TPSA) is 40.9 Å². The quantitative estimate of drug-likeness (QED) is 0.721. The van der Waals surface area contributed by atoms with Crippen LogP contribution in [0.5, 0.6) is 0 Å². The molecule has 17 heavy (non-hydrogen) atoms. The number of nitrogens with zero attached hydrogens (tertiary/aromatic N) is 1. The maximum absolute atomic E-state index is 12.1. The molecule has 0 bridgehead atoms. The number of benzene rings is 1. The second-order valence-corrected chi connectivity index (χ2v) is 4.80. The molecule has 0 heterocycles. The summed E-state index contributed by atoms with van der Waals surface area (Å²) in [4.78, 5) is 12.1. The van der Waals surface area contributed by atoms with Gasteiger partial charge in [-0.2, -0.15) is 5.26 Å². The van der Waals surface area contributed by atoms with Crippen molar-refractivity contribution in [2.75, 3.05) is 0 Å². The molecule has 88 valence electrons. The van der Waals surface area contributed by atoms with Gasteiger partial charge in [0.15, 0.2) is 5.78 Å². The van der Waals surface area contributed by atoms with Gasteiger partial charge in [-0.3, -0.25) is 4.79 Å². The lowest BCUT2D eigenvalue weighted by molar-refractivity contribution is 0.0960. The molecule has 1 aromatic rings. The van der Waals surface area contributed by atoms with Crippen LogP contribution in [-0.4, -0.2) is 5.78 Å². The Morgan fingerprint density at radius 1 is 1.53 bits per heavy atom. The van der Waals surface area contributed by atoms with Crippen LogP contribution in [0.15, 0.2) is 24.3 Å². The van der Waals surface area contributed by atoms with Gasteiger partial charge in [0.1, 0.15) is 0 Å². The van der Waals surface area contributed by atoms with Crippen LogP contribution in [0, 0.1) is 23.2 Å². The van der Waals surface area contributed by atoms with Gasteiger partial charge in [-0.15, -0.1) is 0 Å². The lowest BCUT2D eigenvalue weighted by Gasteiger charge is -2.00. The molecule has 2 atom stereocenters.